The number of carbonyl (C=O) groups is 1. The van der Waals surface area contributed by atoms with Gasteiger partial charge < -0.3 is 14.8 Å². The second kappa shape index (κ2) is 13.5. The summed E-state index contributed by atoms with van der Waals surface area (Å²) in [6.45, 7) is 5.62. The van der Waals surface area contributed by atoms with Gasteiger partial charge in [0.2, 0.25) is 0 Å². The first-order chi connectivity index (χ1) is 17.7. The molecule has 4 rings (SSSR count). The molecule has 1 aliphatic heterocycles. The molecule has 1 fully saturated rings. The molecule has 0 spiro atoms. The van der Waals surface area contributed by atoms with Crippen molar-refractivity contribution >= 4 is 17.3 Å². The van der Waals surface area contributed by atoms with Gasteiger partial charge in [-0.2, -0.15) is 9.99 Å². The number of benzene rings is 2. The Morgan fingerprint density at radius 2 is 1.72 bits per heavy atom. The zero-order chi connectivity index (χ0) is 25.0. The number of nitrogens with one attached hydrogen (secondary N) is 1. The summed E-state index contributed by atoms with van der Waals surface area (Å²) < 4.78 is 11.3. The van der Waals surface area contributed by atoms with E-state index >= 15 is 0 Å². The van der Waals surface area contributed by atoms with Crippen LogP contribution in [0.25, 0.3) is 0 Å². The molecule has 1 aromatic heterocycles. The van der Waals surface area contributed by atoms with Crippen molar-refractivity contribution in [2.24, 2.45) is 0 Å². The maximum absolute atomic E-state index is 12.0. The number of anilines is 2. The average Bonchev–Trinajstić information content (AvgIpc) is 2.91. The Hall–Kier alpha value is -3.53. The summed E-state index contributed by atoms with van der Waals surface area (Å²) in [7, 11) is 1.26. The summed E-state index contributed by atoms with van der Waals surface area (Å²) in [5.74, 6) is 0.184. The van der Waals surface area contributed by atoms with E-state index in [9.17, 15) is 4.79 Å². The quantitative estimate of drug-likeness (QED) is 0.228. The van der Waals surface area contributed by atoms with Gasteiger partial charge in [-0.05, 0) is 67.3 Å². The van der Waals surface area contributed by atoms with Crippen molar-refractivity contribution in [3.63, 3.8) is 0 Å². The fourth-order valence-corrected chi connectivity index (χ4v) is 3.95. The highest BCUT2D eigenvalue weighted by Crippen LogP contribution is 2.21. The lowest BCUT2D eigenvalue weighted by molar-refractivity contribution is -0.216. The molecule has 2 heterocycles. The number of ether oxygens (including phenoxy) is 2. The van der Waals surface area contributed by atoms with E-state index in [1.54, 1.807) is 6.07 Å². The van der Waals surface area contributed by atoms with Crippen molar-refractivity contribution in [1.29, 1.82) is 0 Å². The predicted octanol–water partition coefficient (Wildman–Crippen LogP) is 4.02. The van der Waals surface area contributed by atoms with Gasteiger partial charge in [-0.25, -0.2) is 4.79 Å². The molecule has 0 saturated carbocycles. The Bertz CT molecular complexity index is 1090. The molecule has 1 N–H and O–H groups in total. The van der Waals surface area contributed by atoms with Gasteiger partial charge in [0.15, 0.2) is 5.69 Å². The largest absolute Gasteiger partial charge is 0.494 e. The lowest BCUT2D eigenvalue weighted by atomic mass is 10.0. The number of hydrogen-bond donors (Lipinski definition) is 1. The van der Waals surface area contributed by atoms with E-state index in [4.69, 9.17) is 9.47 Å². The summed E-state index contributed by atoms with van der Waals surface area (Å²) in [5, 5.41) is 10.8. The van der Waals surface area contributed by atoms with Crippen molar-refractivity contribution < 1.29 is 24.0 Å². The molecule has 1 aliphatic rings. The summed E-state index contributed by atoms with van der Waals surface area (Å²) in [6.07, 6.45) is 4.49. The second-order valence-corrected chi connectivity index (χ2v) is 8.48. The third-order valence-electron chi connectivity index (χ3n) is 5.88. The van der Waals surface area contributed by atoms with Crippen LogP contribution >= 0.6 is 0 Å². The van der Waals surface area contributed by atoms with E-state index in [1.807, 2.05) is 36.4 Å². The first kappa shape index (κ1) is 25.6. The van der Waals surface area contributed by atoms with Crippen LogP contribution in [0.5, 0.6) is 5.75 Å². The van der Waals surface area contributed by atoms with Crippen molar-refractivity contribution in [3.05, 3.63) is 77.6 Å². The maximum atomic E-state index is 12.0. The molecule has 0 unspecified atom stereocenters. The van der Waals surface area contributed by atoms with Gasteiger partial charge in [-0.15, -0.1) is 5.10 Å². The van der Waals surface area contributed by atoms with Crippen LogP contribution < -0.4 is 10.1 Å². The van der Waals surface area contributed by atoms with Crippen molar-refractivity contribution in [1.82, 2.24) is 15.1 Å². The minimum Gasteiger partial charge on any atom is -0.494 e. The van der Waals surface area contributed by atoms with E-state index in [2.05, 4.69) is 42.3 Å². The Kier molecular flexibility index (Phi) is 9.61. The highest BCUT2D eigenvalue weighted by molar-refractivity contribution is 5.93. The molecule has 0 bridgehead atoms. The summed E-state index contributed by atoms with van der Waals surface area (Å²) >= 11 is 0. The van der Waals surface area contributed by atoms with Crippen LogP contribution in [-0.4, -0.2) is 67.6 Å². The highest BCUT2D eigenvalue weighted by Gasteiger charge is 2.16. The van der Waals surface area contributed by atoms with Crippen LogP contribution in [-0.2, 0) is 20.9 Å². The van der Waals surface area contributed by atoms with Crippen molar-refractivity contribution in [2.45, 2.75) is 19.3 Å². The molecule has 190 valence electrons. The number of aromatic nitrogens is 2. The van der Waals surface area contributed by atoms with Gasteiger partial charge in [-0.3, -0.25) is 9.79 Å². The normalized spacial score (nSPS) is 13.8. The third kappa shape index (κ3) is 7.74. The van der Waals surface area contributed by atoms with E-state index in [0.29, 0.717) is 5.69 Å². The van der Waals surface area contributed by atoms with E-state index in [1.165, 1.54) is 24.4 Å². The monoisotopic (exact) mass is 492 g/mol. The molecule has 9 heteroatoms. The van der Waals surface area contributed by atoms with Gasteiger partial charge >= 0.3 is 5.97 Å². The standard InChI is InChI=1S/C27H32N4O5/c1-33-36-27(32)26-25(12-13-28-30-26)29-23-8-4-21(5-9-23)20-22-6-10-24(11-7-22)35-17-3-2-14-31-15-18-34-19-16-31/h4-13H,2-3,14-20H2,1H3,(H,28,29). The smallest absolute Gasteiger partial charge is 0.395 e. The Labute approximate surface area is 211 Å². The van der Waals surface area contributed by atoms with Gasteiger partial charge in [0.25, 0.3) is 0 Å². The predicted molar refractivity (Wildman–Crippen MR) is 135 cm³/mol. The summed E-state index contributed by atoms with van der Waals surface area (Å²) in [5.41, 5.74) is 3.72. The lowest BCUT2D eigenvalue weighted by Gasteiger charge is -2.26. The highest BCUT2D eigenvalue weighted by atomic mass is 17.2. The van der Waals surface area contributed by atoms with E-state index in [0.717, 1.165) is 70.2 Å². The number of unbranched alkanes of at least 4 members (excludes halogenated alkanes) is 1. The summed E-state index contributed by atoms with van der Waals surface area (Å²) in [6, 6.07) is 17.9. The van der Waals surface area contributed by atoms with Crippen molar-refractivity contribution in [3.8, 4) is 5.75 Å². The molecular weight excluding hydrogens is 460 g/mol. The van der Waals surface area contributed by atoms with Gasteiger partial charge in [0.05, 0.1) is 38.8 Å². The zero-order valence-corrected chi connectivity index (χ0v) is 20.5. The van der Waals surface area contributed by atoms with Crippen LogP contribution in [0.4, 0.5) is 11.4 Å². The molecule has 0 amide bonds. The molecule has 36 heavy (non-hydrogen) atoms. The Balaban J connectivity index is 1.22. The molecule has 1 saturated heterocycles. The van der Waals surface area contributed by atoms with Crippen molar-refractivity contribution in [2.75, 3.05) is 51.9 Å². The number of hydrogen-bond acceptors (Lipinski definition) is 9. The third-order valence-corrected chi connectivity index (χ3v) is 5.88. The van der Waals surface area contributed by atoms with Gasteiger partial charge in [0, 0.05) is 18.8 Å². The molecule has 2 aromatic carbocycles. The van der Waals surface area contributed by atoms with Gasteiger partial charge in [-0.1, -0.05) is 24.3 Å². The van der Waals surface area contributed by atoms with Crippen LogP contribution in [0.2, 0.25) is 0 Å². The minimum absolute atomic E-state index is 0.0443. The Morgan fingerprint density at radius 1 is 1.00 bits per heavy atom. The molecule has 3 aromatic rings. The van der Waals surface area contributed by atoms with Crippen LogP contribution in [0.1, 0.15) is 34.5 Å². The minimum atomic E-state index is -0.717. The van der Waals surface area contributed by atoms with Gasteiger partial charge in [0.1, 0.15) is 5.75 Å². The SMILES string of the molecule is COOC(=O)c1nnccc1Nc1ccc(Cc2ccc(OCCCCN3CCOCC3)cc2)cc1. The molecular formula is C27H32N4O5. The number of morpholine rings is 1. The number of nitrogens with zero attached hydrogens (tertiary/aromatic N) is 3. The van der Waals surface area contributed by atoms with E-state index < -0.39 is 5.97 Å². The van der Waals surface area contributed by atoms with Crippen LogP contribution in [0, 0.1) is 0 Å². The molecule has 0 aliphatic carbocycles. The zero-order valence-electron chi connectivity index (χ0n) is 20.5. The number of carbonyl (C=O) groups excluding carboxylic acids is 1. The summed E-state index contributed by atoms with van der Waals surface area (Å²) in [4.78, 5) is 23.4. The Morgan fingerprint density at radius 3 is 2.44 bits per heavy atom. The van der Waals surface area contributed by atoms with Crippen LogP contribution in [0.3, 0.4) is 0 Å². The fraction of sp³-hybridized carbons (Fsp3) is 0.370. The lowest BCUT2D eigenvalue weighted by Crippen LogP contribution is -2.36. The topological polar surface area (TPSA) is 95.0 Å². The fourth-order valence-electron chi connectivity index (χ4n) is 3.95. The number of rotatable bonds is 12. The molecule has 9 nitrogen and oxygen atoms in total. The van der Waals surface area contributed by atoms with E-state index in [-0.39, 0.29) is 5.69 Å². The first-order valence-electron chi connectivity index (χ1n) is 12.2. The maximum Gasteiger partial charge on any atom is 0.395 e. The first-order valence-corrected chi connectivity index (χ1v) is 12.2. The molecule has 0 atom stereocenters. The van der Waals surface area contributed by atoms with Crippen LogP contribution in [0.15, 0.2) is 60.8 Å². The second-order valence-electron chi connectivity index (χ2n) is 8.48. The average molecular weight is 493 g/mol. The molecule has 0 radical (unpaired) electrons.